The number of carbonyl (C=O) groups excluding carboxylic acids is 1. The Hall–Kier alpha value is -1.61. The van der Waals surface area contributed by atoms with Crippen molar-refractivity contribution in [2.24, 2.45) is 5.41 Å². The molecule has 1 rings (SSSR count). The second-order valence-electron chi connectivity index (χ2n) is 5.94. The standard InChI is InChI=1S/C17H24O3/c1-17(2,3)16(19)20-13-7-10-15(18)12-11-14-8-5-4-6-9-14/h4-9,13,15,18H,10-12H2,1-3H3/b13-7-. The first-order chi connectivity index (χ1) is 9.39. The zero-order chi connectivity index (χ0) is 15.0. The van der Waals surface area contributed by atoms with Gasteiger partial charge in [0.15, 0.2) is 0 Å². The van der Waals surface area contributed by atoms with E-state index in [-0.39, 0.29) is 5.97 Å². The van der Waals surface area contributed by atoms with E-state index in [1.165, 1.54) is 11.8 Å². The Kier molecular flexibility index (Phi) is 6.46. The minimum atomic E-state index is -0.504. The smallest absolute Gasteiger partial charge is 0.316 e. The zero-order valence-corrected chi connectivity index (χ0v) is 12.5. The molecule has 0 fully saturated rings. The van der Waals surface area contributed by atoms with Crippen LogP contribution in [-0.2, 0) is 16.0 Å². The monoisotopic (exact) mass is 276 g/mol. The van der Waals surface area contributed by atoms with Crippen molar-refractivity contribution >= 4 is 5.97 Å². The number of rotatable bonds is 6. The van der Waals surface area contributed by atoms with E-state index in [2.05, 4.69) is 0 Å². The van der Waals surface area contributed by atoms with Crippen molar-refractivity contribution in [2.75, 3.05) is 0 Å². The van der Waals surface area contributed by atoms with E-state index in [0.29, 0.717) is 12.8 Å². The topological polar surface area (TPSA) is 46.5 Å². The van der Waals surface area contributed by atoms with E-state index in [1.807, 2.05) is 30.3 Å². The van der Waals surface area contributed by atoms with Gasteiger partial charge in [-0.15, -0.1) is 0 Å². The lowest BCUT2D eigenvalue weighted by Crippen LogP contribution is -2.20. The highest BCUT2D eigenvalue weighted by Crippen LogP contribution is 2.15. The molecule has 1 aromatic rings. The third kappa shape index (κ3) is 6.53. The molecule has 110 valence electrons. The average Bonchev–Trinajstić information content (AvgIpc) is 2.41. The molecule has 0 aliphatic carbocycles. The molecule has 3 nitrogen and oxygen atoms in total. The Bertz CT molecular complexity index is 429. The van der Waals surface area contributed by atoms with Crippen LogP contribution in [0.25, 0.3) is 0 Å². The fraction of sp³-hybridized carbons (Fsp3) is 0.471. The van der Waals surface area contributed by atoms with Crippen molar-refractivity contribution in [3.05, 3.63) is 48.2 Å². The van der Waals surface area contributed by atoms with Gasteiger partial charge in [0.05, 0.1) is 17.8 Å². The second kappa shape index (κ2) is 7.85. The number of hydrogen-bond donors (Lipinski definition) is 1. The third-order valence-electron chi connectivity index (χ3n) is 2.90. The molecule has 0 saturated heterocycles. The van der Waals surface area contributed by atoms with Gasteiger partial charge in [-0.2, -0.15) is 0 Å². The number of esters is 1. The van der Waals surface area contributed by atoms with Crippen LogP contribution in [0.1, 0.15) is 39.2 Å². The predicted molar refractivity (Wildman–Crippen MR) is 80.1 cm³/mol. The Morgan fingerprint density at radius 3 is 2.55 bits per heavy atom. The number of benzene rings is 1. The molecule has 1 unspecified atom stereocenters. The predicted octanol–water partition coefficient (Wildman–Crippen LogP) is 3.47. The van der Waals surface area contributed by atoms with Crippen LogP contribution in [0, 0.1) is 5.41 Å². The summed E-state index contributed by atoms with van der Waals surface area (Å²) in [5, 5.41) is 9.84. The van der Waals surface area contributed by atoms with Gasteiger partial charge in [0.1, 0.15) is 0 Å². The molecule has 0 aliphatic heterocycles. The normalized spacial score (nSPS) is 13.4. The average molecular weight is 276 g/mol. The molecule has 1 N–H and O–H groups in total. The quantitative estimate of drug-likeness (QED) is 0.639. The van der Waals surface area contributed by atoms with E-state index < -0.39 is 11.5 Å². The highest BCUT2D eigenvalue weighted by atomic mass is 16.5. The lowest BCUT2D eigenvalue weighted by Gasteiger charge is -2.14. The number of hydrogen-bond acceptors (Lipinski definition) is 3. The maximum absolute atomic E-state index is 11.5. The summed E-state index contributed by atoms with van der Waals surface area (Å²) in [6, 6.07) is 10.1. The van der Waals surface area contributed by atoms with Crippen molar-refractivity contribution in [3.63, 3.8) is 0 Å². The first-order valence-corrected chi connectivity index (χ1v) is 6.97. The van der Waals surface area contributed by atoms with Crippen molar-refractivity contribution in [3.8, 4) is 0 Å². The lowest BCUT2D eigenvalue weighted by molar-refractivity contribution is -0.146. The molecule has 0 heterocycles. The van der Waals surface area contributed by atoms with Crippen molar-refractivity contribution in [2.45, 2.75) is 46.1 Å². The molecular weight excluding hydrogens is 252 g/mol. The van der Waals surface area contributed by atoms with Gasteiger partial charge in [-0.25, -0.2) is 0 Å². The molecule has 20 heavy (non-hydrogen) atoms. The van der Waals surface area contributed by atoms with Crippen LogP contribution < -0.4 is 0 Å². The molecule has 0 amide bonds. The molecule has 0 spiro atoms. The summed E-state index contributed by atoms with van der Waals surface area (Å²) >= 11 is 0. The lowest BCUT2D eigenvalue weighted by atomic mass is 9.97. The van der Waals surface area contributed by atoms with E-state index >= 15 is 0 Å². The Balaban J connectivity index is 2.23. The summed E-state index contributed by atoms with van der Waals surface area (Å²) in [6.45, 7) is 5.41. The fourth-order valence-electron chi connectivity index (χ4n) is 1.60. The first-order valence-electron chi connectivity index (χ1n) is 6.97. The Morgan fingerprint density at radius 2 is 1.95 bits per heavy atom. The van der Waals surface area contributed by atoms with Gasteiger partial charge >= 0.3 is 5.97 Å². The largest absolute Gasteiger partial charge is 0.434 e. The molecule has 1 aromatic carbocycles. The van der Waals surface area contributed by atoms with Crippen molar-refractivity contribution < 1.29 is 14.6 Å². The van der Waals surface area contributed by atoms with Crippen molar-refractivity contribution in [1.82, 2.24) is 0 Å². The van der Waals surface area contributed by atoms with Gasteiger partial charge < -0.3 is 9.84 Å². The number of carbonyl (C=O) groups is 1. The third-order valence-corrected chi connectivity index (χ3v) is 2.90. The summed E-state index contributed by atoms with van der Waals surface area (Å²) in [7, 11) is 0. The molecule has 0 bridgehead atoms. The van der Waals surface area contributed by atoms with E-state index in [4.69, 9.17) is 4.74 Å². The second-order valence-corrected chi connectivity index (χ2v) is 5.94. The van der Waals surface area contributed by atoms with Gasteiger partial charge in [-0.3, -0.25) is 4.79 Å². The highest BCUT2D eigenvalue weighted by molar-refractivity contribution is 5.75. The molecule has 0 radical (unpaired) electrons. The van der Waals surface area contributed by atoms with Gasteiger partial charge in [-0.1, -0.05) is 30.3 Å². The molecule has 0 aliphatic rings. The van der Waals surface area contributed by atoms with E-state index in [0.717, 1.165) is 6.42 Å². The Morgan fingerprint density at radius 1 is 1.30 bits per heavy atom. The molecule has 3 heteroatoms. The Labute approximate surface area is 121 Å². The molecular formula is C17H24O3. The van der Waals surface area contributed by atoms with E-state index in [9.17, 15) is 9.90 Å². The van der Waals surface area contributed by atoms with Crippen LogP contribution in [-0.4, -0.2) is 17.2 Å². The maximum atomic E-state index is 11.5. The SMILES string of the molecule is CC(C)(C)C(=O)O/C=C\CC(O)CCc1ccccc1. The van der Waals surface area contributed by atoms with Crippen molar-refractivity contribution in [1.29, 1.82) is 0 Å². The number of aliphatic hydroxyl groups excluding tert-OH is 1. The van der Waals surface area contributed by atoms with Gasteiger partial charge in [0.2, 0.25) is 0 Å². The minimum absolute atomic E-state index is 0.271. The summed E-state index contributed by atoms with van der Waals surface area (Å²) < 4.78 is 4.99. The molecule has 0 saturated carbocycles. The molecule has 1 atom stereocenters. The fourth-order valence-corrected chi connectivity index (χ4v) is 1.60. The van der Waals surface area contributed by atoms with Gasteiger partial charge in [-0.05, 0) is 51.7 Å². The number of aryl methyl sites for hydroxylation is 1. The zero-order valence-electron chi connectivity index (χ0n) is 12.5. The number of ether oxygens (including phenoxy) is 1. The minimum Gasteiger partial charge on any atom is -0.434 e. The summed E-state index contributed by atoms with van der Waals surface area (Å²) in [5.41, 5.74) is 0.714. The van der Waals surface area contributed by atoms with Crippen LogP contribution in [0.2, 0.25) is 0 Å². The highest BCUT2D eigenvalue weighted by Gasteiger charge is 2.22. The first kappa shape index (κ1) is 16.4. The molecule has 0 aromatic heterocycles. The van der Waals surface area contributed by atoms with Crippen LogP contribution in [0.4, 0.5) is 0 Å². The van der Waals surface area contributed by atoms with Crippen LogP contribution >= 0.6 is 0 Å². The van der Waals surface area contributed by atoms with E-state index in [1.54, 1.807) is 26.8 Å². The maximum Gasteiger partial charge on any atom is 0.316 e. The van der Waals surface area contributed by atoms with Crippen LogP contribution in [0.5, 0.6) is 0 Å². The summed E-state index contributed by atoms with van der Waals surface area (Å²) in [6.07, 6.45) is 4.68. The van der Waals surface area contributed by atoms with Gasteiger partial charge in [0, 0.05) is 0 Å². The summed E-state index contributed by atoms with van der Waals surface area (Å²) in [4.78, 5) is 11.5. The van der Waals surface area contributed by atoms with Gasteiger partial charge in [0.25, 0.3) is 0 Å². The number of aliphatic hydroxyl groups is 1. The van der Waals surface area contributed by atoms with Crippen LogP contribution in [0.3, 0.4) is 0 Å². The van der Waals surface area contributed by atoms with Crippen LogP contribution in [0.15, 0.2) is 42.7 Å². The summed E-state index contributed by atoms with van der Waals surface area (Å²) in [5.74, 6) is -0.271.